The Morgan fingerprint density at radius 1 is 1.00 bits per heavy atom. The molecule has 1 aromatic rings. The van der Waals surface area contributed by atoms with Gasteiger partial charge in [-0.25, -0.2) is 0 Å². The molecule has 2 amide bonds. The molecule has 5 nitrogen and oxygen atoms in total. The van der Waals surface area contributed by atoms with Gasteiger partial charge in [0, 0.05) is 32.1 Å². The van der Waals surface area contributed by atoms with E-state index in [1.807, 2.05) is 35.8 Å². The van der Waals surface area contributed by atoms with E-state index in [1.54, 1.807) is 7.11 Å². The number of amides is 2. The molecular formula is C22H34N2O3. The second-order valence-corrected chi connectivity index (χ2v) is 7.43. The average molecular weight is 375 g/mol. The average Bonchev–Trinajstić information content (AvgIpc) is 2.93. The fourth-order valence-electron chi connectivity index (χ4n) is 3.82. The van der Waals surface area contributed by atoms with E-state index in [2.05, 4.69) is 13.8 Å². The van der Waals surface area contributed by atoms with E-state index >= 15 is 0 Å². The molecule has 0 aromatic heterocycles. The Morgan fingerprint density at radius 2 is 1.63 bits per heavy atom. The molecule has 0 aliphatic carbocycles. The van der Waals surface area contributed by atoms with Crippen LogP contribution in [0.5, 0.6) is 5.75 Å². The highest BCUT2D eigenvalue weighted by Crippen LogP contribution is 2.24. The van der Waals surface area contributed by atoms with Crippen molar-refractivity contribution in [2.75, 3.05) is 33.3 Å². The van der Waals surface area contributed by atoms with E-state index in [0.29, 0.717) is 19.5 Å². The number of ether oxygens (including phenoxy) is 1. The zero-order valence-electron chi connectivity index (χ0n) is 17.5. The number of carbonyl (C=O) groups excluding carboxylic acids is 2. The molecule has 1 fully saturated rings. The topological polar surface area (TPSA) is 49.9 Å². The molecule has 2 rings (SSSR count). The molecular weight excluding hydrogens is 340 g/mol. The first-order chi connectivity index (χ1) is 12.9. The van der Waals surface area contributed by atoms with Crippen LogP contribution in [-0.4, -0.2) is 54.9 Å². The summed E-state index contributed by atoms with van der Waals surface area (Å²) in [6.45, 7) is 10.9. The van der Waals surface area contributed by atoms with Crippen molar-refractivity contribution in [3.8, 4) is 5.75 Å². The smallest absolute Gasteiger partial charge is 0.227 e. The van der Waals surface area contributed by atoms with Crippen molar-refractivity contribution in [3.63, 3.8) is 0 Å². The largest absolute Gasteiger partial charge is 0.496 e. The Morgan fingerprint density at radius 3 is 2.26 bits per heavy atom. The molecule has 150 valence electrons. The fraction of sp³-hybridized carbons (Fsp3) is 0.636. The van der Waals surface area contributed by atoms with Crippen LogP contribution in [0, 0.1) is 19.8 Å². The molecule has 1 aromatic carbocycles. The van der Waals surface area contributed by atoms with Gasteiger partial charge in [0.05, 0.1) is 13.5 Å². The van der Waals surface area contributed by atoms with Gasteiger partial charge in [0.25, 0.3) is 0 Å². The van der Waals surface area contributed by atoms with Gasteiger partial charge in [-0.05, 0) is 55.9 Å². The van der Waals surface area contributed by atoms with Gasteiger partial charge >= 0.3 is 0 Å². The van der Waals surface area contributed by atoms with E-state index in [-0.39, 0.29) is 17.7 Å². The quantitative estimate of drug-likeness (QED) is 0.767. The van der Waals surface area contributed by atoms with E-state index < -0.39 is 0 Å². The Bertz CT molecular complexity index is 668. The Balaban J connectivity index is 2.00. The zero-order chi connectivity index (χ0) is 20.0. The van der Waals surface area contributed by atoms with Gasteiger partial charge in [0.2, 0.25) is 11.8 Å². The molecule has 27 heavy (non-hydrogen) atoms. The minimum absolute atomic E-state index is 0.108. The van der Waals surface area contributed by atoms with Crippen LogP contribution in [0.2, 0.25) is 0 Å². The summed E-state index contributed by atoms with van der Waals surface area (Å²) < 4.78 is 5.36. The van der Waals surface area contributed by atoms with Crippen molar-refractivity contribution >= 4 is 11.8 Å². The standard InChI is InChI=1S/C22H34N2O3/c1-6-18(7-2)22(26)24-12-8-11-23(13-14-24)21(25)15-19-9-10-20(27-5)17(4)16(19)3/h9-10,18H,6-8,11-15H2,1-5H3. The number of hydrogen-bond donors (Lipinski definition) is 0. The Labute approximate surface area is 163 Å². The van der Waals surface area contributed by atoms with Gasteiger partial charge in [-0.15, -0.1) is 0 Å². The lowest BCUT2D eigenvalue weighted by Gasteiger charge is -2.25. The summed E-state index contributed by atoms with van der Waals surface area (Å²) in [6.07, 6.45) is 3.00. The van der Waals surface area contributed by atoms with Crippen LogP contribution in [0.3, 0.4) is 0 Å². The van der Waals surface area contributed by atoms with Crippen molar-refractivity contribution in [3.05, 3.63) is 28.8 Å². The van der Waals surface area contributed by atoms with Crippen LogP contribution in [0.15, 0.2) is 12.1 Å². The second-order valence-electron chi connectivity index (χ2n) is 7.43. The van der Waals surface area contributed by atoms with E-state index in [1.165, 1.54) is 0 Å². The highest BCUT2D eigenvalue weighted by molar-refractivity contribution is 5.80. The fourth-order valence-corrected chi connectivity index (χ4v) is 3.82. The summed E-state index contributed by atoms with van der Waals surface area (Å²) in [5.41, 5.74) is 3.25. The maximum atomic E-state index is 12.9. The normalized spacial score (nSPS) is 15.0. The Hall–Kier alpha value is -2.04. The molecule has 0 spiro atoms. The first-order valence-electron chi connectivity index (χ1n) is 10.1. The first kappa shape index (κ1) is 21.3. The summed E-state index contributed by atoms with van der Waals surface area (Å²) in [6, 6.07) is 3.92. The number of benzene rings is 1. The third-order valence-electron chi connectivity index (χ3n) is 5.91. The molecule has 1 aliphatic rings. The van der Waals surface area contributed by atoms with Crippen LogP contribution in [0.25, 0.3) is 0 Å². The predicted octanol–water partition coefficient (Wildman–Crippen LogP) is 3.35. The predicted molar refractivity (Wildman–Crippen MR) is 108 cm³/mol. The molecule has 0 N–H and O–H groups in total. The number of hydrogen-bond acceptors (Lipinski definition) is 3. The monoisotopic (exact) mass is 374 g/mol. The van der Waals surface area contributed by atoms with Crippen LogP contribution >= 0.6 is 0 Å². The number of nitrogens with zero attached hydrogens (tertiary/aromatic N) is 2. The van der Waals surface area contributed by atoms with Crippen molar-refractivity contribution in [2.24, 2.45) is 5.92 Å². The number of rotatable bonds is 6. The summed E-state index contributed by atoms with van der Waals surface area (Å²) in [5, 5.41) is 0. The minimum atomic E-state index is 0.108. The first-order valence-corrected chi connectivity index (χ1v) is 10.1. The molecule has 0 radical (unpaired) electrons. The third-order valence-corrected chi connectivity index (χ3v) is 5.91. The lowest BCUT2D eigenvalue weighted by atomic mass is 9.99. The van der Waals surface area contributed by atoms with Crippen LogP contribution in [0.4, 0.5) is 0 Å². The van der Waals surface area contributed by atoms with Crippen molar-refractivity contribution in [2.45, 2.75) is 53.4 Å². The maximum Gasteiger partial charge on any atom is 0.227 e. The zero-order valence-corrected chi connectivity index (χ0v) is 17.5. The van der Waals surface area contributed by atoms with Crippen molar-refractivity contribution < 1.29 is 14.3 Å². The van der Waals surface area contributed by atoms with Crippen LogP contribution < -0.4 is 4.74 Å². The van der Waals surface area contributed by atoms with Gasteiger partial charge in [-0.1, -0.05) is 19.9 Å². The van der Waals surface area contributed by atoms with E-state index in [9.17, 15) is 9.59 Å². The Kier molecular flexibility index (Phi) is 7.69. The van der Waals surface area contributed by atoms with E-state index in [4.69, 9.17) is 4.74 Å². The van der Waals surface area contributed by atoms with Gasteiger partial charge in [-0.2, -0.15) is 0 Å². The molecule has 1 saturated heterocycles. The lowest BCUT2D eigenvalue weighted by molar-refractivity contribution is -0.136. The summed E-state index contributed by atoms with van der Waals surface area (Å²) in [7, 11) is 1.67. The maximum absolute atomic E-state index is 12.9. The molecule has 1 heterocycles. The molecule has 0 unspecified atom stereocenters. The number of methoxy groups -OCH3 is 1. The SMILES string of the molecule is CCC(CC)C(=O)N1CCCN(C(=O)Cc2ccc(OC)c(C)c2C)CC1. The van der Waals surface area contributed by atoms with Gasteiger partial charge in [0.1, 0.15) is 5.75 Å². The second kappa shape index (κ2) is 9.77. The van der Waals surface area contributed by atoms with Gasteiger partial charge < -0.3 is 14.5 Å². The molecule has 1 aliphatic heterocycles. The van der Waals surface area contributed by atoms with Crippen molar-refractivity contribution in [1.29, 1.82) is 0 Å². The van der Waals surface area contributed by atoms with Crippen molar-refractivity contribution in [1.82, 2.24) is 9.80 Å². The van der Waals surface area contributed by atoms with Gasteiger partial charge in [-0.3, -0.25) is 9.59 Å². The summed E-state index contributed by atoms with van der Waals surface area (Å²) in [5.74, 6) is 1.35. The van der Waals surface area contributed by atoms with E-state index in [0.717, 1.165) is 54.8 Å². The van der Waals surface area contributed by atoms with Gasteiger partial charge in [0.15, 0.2) is 0 Å². The summed E-state index contributed by atoms with van der Waals surface area (Å²) >= 11 is 0. The molecule has 0 bridgehead atoms. The summed E-state index contributed by atoms with van der Waals surface area (Å²) in [4.78, 5) is 29.4. The highest BCUT2D eigenvalue weighted by Gasteiger charge is 2.25. The number of carbonyl (C=O) groups is 2. The lowest BCUT2D eigenvalue weighted by Crippen LogP contribution is -2.40. The molecule has 5 heteroatoms. The minimum Gasteiger partial charge on any atom is -0.496 e. The van der Waals surface area contributed by atoms with Crippen LogP contribution in [-0.2, 0) is 16.0 Å². The third kappa shape index (κ3) is 5.02. The molecule has 0 saturated carbocycles. The highest BCUT2D eigenvalue weighted by atomic mass is 16.5. The molecule has 0 atom stereocenters. The van der Waals surface area contributed by atoms with Crippen LogP contribution in [0.1, 0.15) is 49.8 Å².